The Morgan fingerprint density at radius 1 is 0.820 bits per heavy atom. The van der Waals surface area contributed by atoms with Gasteiger partial charge in [-0.2, -0.15) is 4.98 Å². The normalized spacial score (nSPS) is 10.5. The van der Waals surface area contributed by atoms with Crippen LogP contribution in [-0.4, -0.2) is 126 Å². The van der Waals surface area contributed by atoms with Gasteiger partial charge >= 0.3 is 0 Å². The first-order valence-corrected chi connectivity index (χ1v) is 16.7. The van der Waals surface area contributed by atoms with Crippen LogP contribution in [0.25, 0.3) is 11.1 Å². The maximum atomic E-state index is 9.56. The van der Waals surface area contributed by atoms with Gasteiger partial charge in [0.15, 0.2) is 5.58 Å². The molecule has 10 N–H and O–H groups in total. The van der Waals surface area contributed by atoms with Crippen LogP contribution < -0.4 is 33.2 Å². The lowest BCUT2D eigenvalue weighted by Gasteiger charge is -2.13. The molecule has 0 fully saturated rings. The van der Waals surface area contributed by atoms with E-state index in [2.05, 4.69) is 30.9 Å². The summed E-state index contributed by atoms with van der Waals surface area (Å²) >= 11 is 0. The Balaban J connectivity index is 0.000000448. The maximum Gasteiger partial charge on any atom is 0.292 e. The molecule has 280 valence electrons. The fourth-order valence-electron chi connectivity index (χ4n) is 3.96. The smallest absolute Gasteiger partial charge is 0.292 e. The molecular formula is C33H56N10O7. The van der Waals surface area contributed by atoms with Crippen LogP contribution in [0.5, 0.6) is 0 Å². The average Bonchev–Trinajstić information content (AvgIpc) is 3.50. The molecule has 0 radical (unpaired) electrons. The van der Waals surface area contributed by atoms with Crippen molar-refractivity contribution in [3.8, 4) is 0 Å². The summed E-state index contributed by atoms with van der Waals surface area (Å²) in [5, 5.41) is 17.9. The number of rotatable bonds is 26. The average molecular weight is 705 g/mol. The van der Waals surface area contributed by atoms with Gasteiger partial charge in [0.1, 0.15) is 36.1 Å². The number of unbranched alkanes of at least 4 members (excludes halogenated alkanes) is 3. The SMILES string of the molecule is CNCCCCNc1ncnc(N)c1C(=N)c1ccc2oc(N)nc2c1.CNCCOCCOCCOCCOCCN.O=CCCCC=O. The van der Waals surface area contributed by atoms with E-state index >= 15 is 0 Å². The molecule has 0 saturated heterocycles. The molecule has 0 saturated carbocycles. The van der Waals surface area contributed by atoms with Crippen LogP contribution in [0.3, 0.4) is 0 Å². The molecule has 3 rings (SSSR count). The Morgan fingerprint density at radius 3 is 2.02 bits per heavy atom. The zero-order valence-electron chi connectivity index (χ0n) is 29.4. The van der Waals surface area contributed by atoms with Crippen LogP contribution in [0, 0.1) is 5.41 Å². The molecule has 2 aromatic heterocycles. The molecule has 0 bridgehead atoms. The summed E-state index contributed by atoms with van der Waals surface area (Å²) in [6.07, 6.45) is 6.78. The minimum Gasteiger partial charge on any atom is -0.424 e. The molecule has 1 aromatic carbocycles. The van der Waals surface area contributed by atoms with Crippen LogP contribution >= 0.6 is 0 Å². The standard InChI is InChI=1S/C17H22N8O.C11H26N2O4.C5H8O2/c1-21-6-2-3-7-22-16-13(15(19)23-9-24-16)14(18)10-4-5-12-11(8-10)25-17(20)26-12;1-13-3-5-15-7-9-17-11-10-16-8-6-14-4-2-12;6-4-2-1-3-5-7/h4-5,8-9,18,21H,2-3,6-7H2,1H3,(H2,20,25)(H3,19,22,23,24);13H,2-12H2,1H3;4-5H,1-3H2. The Bertz CT molecular complexity index is 1310. The Kier molecular flexibility index (Phi) is 26.2. The Morgan fingerprint density at radius 2 is 1.42 bits per heavy atom. The number of nitrogens with zero attached hydrogens (tertiary/aromatic N) is 3. The lowest BCUT2D eigenvalue weighted by Crippen LogP contribution is -2.17. The number of aldehydes is 2. The molecule has 0 atom stereocenters. The van der Waals surface area contributed by atoms with Gasteiger partial charge in [-0.25, -0.2) is 9.97 Å². The molecule has 0 amide bonds. The first kappa shape index (κ1) is 43.9. The summed E-state index contributed by atoms with van der Waals surface area (Å²) in [4.78, 5) is 31.5. The topological polar surface area (TPSA) is 261 Å². The third-order valence-corrected chi connectivity index (χ3v) is 6.48. The predicted octanol–water partition coefficient (Wildman–Crippen LogP) is 1.40. The number of carbonyl (C=O) groups is 2. The first-order chi connectivity index (χ1) is 24.4. The number of carbonyl (C=O) groups excluding carboxylic acids is 2. The summed E-state index contributed by atoms with van der Waals surface area (Å²) in [6.45, 7) is 7.99. The van der Waals surface area contributed by atoms with Crippen molar-refractivity contribution in [2.75, 3.05) is 110 Å². The third kappa shape index (κ3) is 19.8. The zero-order chi connectivity index (χ0) is 36.7. The molecule has 17 nitrogen and oxygen atoms in total. The van der Waals surface area contributed by atoms with Gasteiger partial charge in [0.25, 0.3) is 6.01 Å². The first-order valence-electron chi connectivity index (χ1n) is 16.7. The summed E-state index contributed by atoms with van der Waals surface area (Å²) in [5.41, 5.74) is 19.3. The van der Waals surface area contributed by atoms with Crippen molar-refractivity contribution in [3.05, 3.63) is 35.7 Å². The second kappa shape index (κ2) is 29.8. The van der Waals surface area contributed by atoms with E-state index in [-0.39, 0.29) is 17.5 Å². The second-order valence-corrected chi connectivity index (χ2v) is 10.4. The number of nitrogen functional groups attached to an aromatic ring is 2. The second-order valence-electron chi connectivity index (χ2n) is 10.4. The number of fused-ring (bicyclic) bond motifs is 1. The molecule has 0 spiro atoms. The Hall–Kier alpha value is -4.10. The number of nitrogens with one attached hydrogen (secondary N) is 4. The number of benzene rings is 1. The largest absolute Gasteiger partial charge is 0.424 e. The highest BCUT2D eigenvalue weighted by Gasteiger charge is 2.17. The summed E-state index contributed by atoms with van der Waals surface area (Å²) in [5.74, 6) is 0.800. The van der Waals surface area contributed by atoms with E-state index in [0.29, 0.717) is 100 Å². The highest BCUT2D eigenvalue weighted by atomic mass is 16.6. The quantitative estimate of drug-likeness (QED) is 0.0354. The fourth-order valence-corrected chi connectivity index (χ4v) is 3.96. The van der Waals surface area contributed by atoms with Crippen molar-refractivity contribution in [1.82, 2.24) is 25.6 Å². The molecule has 3 aromatic rings. The van der Waals surface area contributed by atoms with E-state index in [1.54, 1.807) is 18.2 Å². The van der Waals surface area contributed by atoms with E-state index in [1.807, 2.05) is 14.1 Å². The van der Waals surface area contributed by atoms with Gasteiger partial charge in [-0.05, 0) is 58.1 Å². The maximum absolute atomic E-state index is 9.56. The number of hydrogen-bond donors (Lipinski definition) is 7. The van der Waals surface area contributed by atoms with Gasteiger partial charge in [0.2, 0.25) is 0 Å². The van der Waals surface area contributed by atoms with Crippen molar-refractivity contribution >= 4 is 47.0 Å². The van der Waals surface area contributed by atoms with E-state index < -0.39 is 0 Å². The van der Waals surface area contributed by atoms with E-state index in [0.717, 1.165) is 51.7 Å². The molecule has 0 aliphatic carbocycles. The minimum absolute atomic E-state index is 0.0927. The van der Waals surface area contributed by atoms with Gasteiger partial charge < -0.3 is 66.1 Å². The number of nitrogens with two attached hydrogens (primary N) is 3. The van der Waals surface area contributed by atoms with E-state index in [4.69, 9.17) is 46.0 Å². The molecule has 2 heterocycles. The van der Waals surface area contributed by atoms with Crippen LogP contribution in [0.2, 0.25) is 0 Å². The van der Waals surface area contributed by atoms with Gasteiger partial charge in [0, 0.05) is 38.0 Å². The molecule has 0 unspecified atom stereocenters. The van der Waals surface area contributed by atoms with Crippen molar-refractivity contribution < 1.29 is 33.0 Å². The van der Waals surface area contributed by atoms with E-state index in [9.17, 15) is 9.59 Å². The van der Waals surface area contributed by atoms with Crippen LogP contribution in [0.15, 0.2) is 28.9 Å². The summed E-state index contributed by atoms with van der Waals surface area (Å²) in [6, 6.07) is 5.32. The number of aromatic nitrogens is 3. The minimum atomic E-state index is 0.0927. The Labute approximate surface area is 294 Å². The van der Waals surface area contributed by atoms with Gasteiger partial charge in [-0.15, -0.1) is 0 Å². The lowest BCUT2D eigenvalue weighted by molar-refractivity contribution is -0.108. The fraction of sp³-hybridized carbons (Fsp3) is 0.576. The summed E-state index contributed by atoms with van der Waals surface area (Å²) < 4.78 is 26.3. The monoisotopic (exact) mass is 704 g/mol. The number of oxazole rings is 1. The number of ether oxygens (including phenoxy) is 4. The lowest BCUT2D eigenvalue weighted by atomic mass is 10.0. The molecule has 0 aliphatic heterocycles. The molecular weight excluding hydrogens is 648 g/mol. The van der Waals surface area contributed by atoms with Crippen molar-refractivity contribution in [1.29, 1.82) is 5.41 Å². The highest BCUT2D eigenvalue weighted by molar-refractivity contribution is 6.17. The van der Waals surface area contributed by atoms with Crippen LogP contribution in [0.1, 0.15) is 43.2 Å². The van der Waals surface area contributed by atoms with Crippen LogP contribution in [0.4, 0.5) is 17.7 Å². The highest BCUT2D eigenvalue weighted by Crippen LogP contribution is 2.24. The number of likely N-dealkylation sites (N-methyl/N-ethyl adjacent to an activating group) is 1. The predicted molar refractivity (Wildman–Crippen MR) is 195 cm³/mol. The van der Waals surface area contributed by atoms with Crippen molar-refractivity contribution in [3.63, 3.8) is 0 Å². The number of anilines is 3. The third-order valence-electron chi connectivity index (χ3n) is 6.48. The van der Waals surface area contributed by atoms with Gasteiger partial charge in [0.05, 0.1) is 64.1 Å². The zero-order valence-corrected chi connectivity index (χ0v) is 29.4. The number of hydrogen-bond acceptors (Lipinski definition) is 17. The summed E-state index contributed by atoms with van der Waals surface area (Å²) in [7, 11) is 3.83. The molecule has 50 heavy (non-hydrogen) atoms. The van der Waals surface area contributed by atoms with Crippen molar-refractivity contribution in [2.24, 2.45) is 5.73 Å². The molecule has 0 aliphatic rings. The van der Waals surface area contributed by atoms with Gasteiger partial charge in [-0.3, -0.25) is 5.41 Å². The molecule has 17 heteroatoms. The van der Waals surface area contributed by atoms with Gasteiger partial charge in [-0.1, -0.05) is 0 Å². The van der Waals surface area contributed by atoms with Crippen molar-refractivity contribution in [2.45, 2.75) is 32.1 Å². The van der Waals surface area contributed by atoms with E-state index in [1.165, 1.54) is 6.33 Å². The van der Waals surface area contributed by atoms with Crippen LogP contribution in [-0.2, 0) is 28.5 Å².